The first-order valence-corrected chi connectivity index (χ1v) is 6.98. The third-order valence-electron chi connectivity index (χ3n) is 4.03. The second kappa shape index (κ2) is 5.08. The average Bonchev–Trinajstić information content (AvgIpc) is 2.96. The molecule has 2 aliphatic heterocycles. The number of carbonyl (C=O) groups excluding carboxylic acids is 1. The molecule has 0 bridgehead atoms. The molecule has 3 heteroatoms. The van der Waals surface area contributed by atoms with Crippen LogP contribution in [0, 0.1) is 5.92 Å². The van der Waals surface area contributed by atoms with Gasteiger partial charge in [-0.3, -0.25) is 0 Å². The quantitative estimate of drug-likeness (QED) is 0.763. The van der Waals surface area contributed by atoms with Gasteiger partial charge in [-0.1, -0.05) is 37.3 Å². The van der Waals surface area contributed by atoms with Crippen LogP contribution in [0.25, 0.3) is 0 Å². The van der Waals surface area contributed by atoms with E-state index in [0.717, 1.165) is 24.4 Å². The molecule has 0 N–H and O–H groups in total. The van der Waals surface area contributed by atoms with E-state index in [1.165, 1.54) is 12.8 Å². The molecule has 1 unspecified atom stereocenters. The molecule has 3 rings (SSSR count). The summed E-state index contributed by atoms with van der Waals surface area (Å²) in [6.45, 7) is 4.27. The number of ether oxygens (including phenoxy) is 1. The summed E-state index contributed by atoms with van der Waals surface area (Å²) >= 11 is 0. The zero-order valence-corrected chi connectivity index (χ0v) is 11.2. The lowest BCUT2D eigenvalue weighted by Crippen LogP contribution is -2.32. The van der Waals surface area contributed by atoms with Crippen LogP contribution in [0.2, 0.25) is 0 Å². The Kier molecular flexibility index (Phi) is 3.28. The first kappa shape index (κ1) is 12.3. The molecule has 3 nitrogen and oxygen atoms in total. The van der Waals surface area contributed by atoms with Crippen molar-refractivity contribution in [3.05, 3.63) is 47.7 Å². The van der Waals surface area contributed by atoms with Crippen LogP contribution in [0.1, 0.15) is 31.4 Å². The van der Waals surface area contributed by atoms with Gasteiger partial charge in [0.1, 0.15) is 6.10 Å². The highest BCUT2D eigenvalue weighted by atomic mass is 16.5. The van der Waals surface area contributed by atoms with Gasteiger partial charge in [0.15, 0.2) is 0 Å². The molecule has 0 aromatic heterocycles. The Balaban J connectivity index is 1.88. The molecule has 1 aromatic rings. The Bertz CT molecular complexity index is 489. The minimum Gasteiger partial charge on any atom is -0.454 e. The molecule has 2 atom stereocenters. The van der Waals surface area contributed by atoms with E-state index >= 15 is 0 Å². The lowest BCUT2D eigenvalue weighted by Gasteiger charge is -2.34. The molecule has 100 valence electrons. The molecule has 0 saturated carbocycles. The summed E-state index contributed by atoms with van der Waals surface area (Å²) in [5.74, 6) is 0.00653. The smallest absolute Gasteiger partial charge is 0.333 e. The molecule has 2 aliphatic rings. The molecule has 0 radical (unpaired) electrons. The van der Waals surface area contributed by atoms with Gasteiger partial charge >= 0.3 is 5.97 Å². The number of nitrogens with zero attached hydrogens (tertiary/aromatic N) is 1. The Hall–Kier alpha value is -1.77. The molecule has 1 aromatic carbocycles. The Labute approximate surface area is 113 Å². The van der Waals surface area contributed by atoms with Crippen molar-refractivity contribution in [1.82, 2.24) is 4.90 Å². The van der Waals surface area contributed by atoms with E-state index in [2.05, 4.69) is 11.8 Å². The highest BCUT2D eigenvalue weighted by molar-refractivity contribution is 5.84. The van der Waals surface area contributed by atoms with Gasteiger partial charge < -0.3 is 9.64 Å². The van der Waals surface area contributed by atoms with Crippen LogP contribution >= 0.6 is 0 Å². The van der Waals surface area contributed by atoms with Crippen LogP contribution in [0.4, 0.5) is 0 Å². The normalized spacial score (nSPS) is 27.1. The van der Waals surface area contributed by atoms with Gasteiger partial charge in [0.2, 0.25) is 0 Å². The van der Waals surface area contributed by atoms with Gasteiger partial charge in [-0.2, -0.15) is 0 Å². The van der Waals surface area contributed by atoms with Gasteiger partial charge in [0.05, 0.1) is 0 Å². The van der Waals surface area contributed by atoms with E-state index in [1.54, 1.807) is 6.08 Å². The number of rotatable bonds is 2. The van der Waals surface area contributed by atoms with E-state index < -0.39 is 0 Å². The second-order valence-electron chi connectivity index (χ2n) is 5.32. The highest BCUT2D eigenvalue weighted by Gasteiger charge is 2.33. The summed E-state index contributed by atoms with van der Waals surface area (Å²) in [6.07, 6.45) is 3.95. The number of benzene rings is 1. The zero-order chi connectivity index (χ0) is 13.2. The summed E-state index contributed by atoms with van der Waals surface area (Å²) in [7, 11) is 0. The number of cyclic esters (lactones) is 1. The Morgan fingerprint density at radius 2 is 1.84 bits per heavy atom. The number of carbonyl (C=O) groups is 1. The van der Waals surface area contributed by atoms with Crippen molar-refractivity contribution in [2.45, 2.75) is 25.9 Å². The number of esters is 1. The number of hydrogen-bond acceptors (Lipinski definition) is 3. The van der Waals surface area contributed by atoms with E-state index in [9.17, 15) is 4.79 Å². The van der Waals surface area contributed by atoms with Crippen molar-refractivity contribution in [1.29, 1.82) is 0 Å². The molecule has 1 fully saturated rings. The minimum absolute atomic E-state index is 0.158. The van der Waals surface area contributed by atoms with E-state index in [4.69, 9.17) is 4.74 Å². The minimum atomic E-state index is -0.214. The van der Waals surface area contributed by atoms with Crippen molar-refractivity contribution < 1.29 is 9.53 Å². The first-order chi connectivity index (χ1) is 9.25. The van der Waals surface area contributed by atoms with Gasteiger partial charge in [0, 0.05) is 30.8 Å². The highest BCUT2D eigenvalue weighted by Crippen LogP contribution is 2.37. The predicted octanol–water partition coefficient (Wildman–Crippen LogP) is 2.90. The van der Waals surface area contributed by atoms with Crippen LogP contribution in [-0.4, -0.2) is 24.0 Å². The van der Waals surface area contributed by atoms with Crippen molar-refractivity contribution in [3.63, 3.8) is 0 Å². The summed E-state index contributed by atoms with van der Waals surface area (Å²) in [5.41, 5.74) is 2.22. The van der Waals surface area contributed by atoms with Gasteiger partial charge in [-0.15, -0.1) is 0 Å². The van der Waals surface area contributed by atoms with Gasteiger partial charge in [0.25, 0.3) is 0 Å². The fourth-order valence-corrected chi connectivity index (χ4v) is 3.02. The van der Waals surface area contributed by atoms with E-state index in [-0.39, 0.29) is 18.0 Å². The molecule has 1 saturated heterocycles. The third kappa shape index (κ3) is 2.37. The summed E-state index contributed by atoms with van der Waals surface area (Å²) in [5, 5.41) is 0. The maximum Gasteiger partial charge on any atom is 0.333 e. The fourth-order valence-electron chi connectivity index (χ4n) is 3.02. The first-order valence-electron chi connectivity index (χ1n) is 6.98. The van der Waals surface area contributed by atoms with Crippen molar-refractivity contribution in [2.75, 3.05) is 13.1 Å². The van der Waals surface area contributed by atoms with E-state index in [1.807, 2.05) is 30.3 Å². The second-order valence-corrected chi connectivity index (χ2v) is 5.32. The summed E-state index contributed by atoms with van der Waals surface area (Å²) < 4.78 is 5.53. The monoisotopic (exact) mass is 257 g/mol. The van der Waals surface area contributed by atoms with Crippen molar-refractivity contribution >= 4 is 5.97 Å². The Morgan fingerprint density at radius 1 is 1.16 bits per heavy atom. The molecular weight excluding hydrogens is 238 g/mol. The lowest BCUT2D eigenvalue weighted by molar-refractivity contribution is -0.147. The van der Waals surface area contributed by atoms with Crippen LogP contribution in [0.5, 0.6) is 0 Å². The SMILES string of the molecule is C[C@@H]1C(N2CCCC2)=CC(=O)OC1c1ccccc1. The van der Waals surface area contributed by atoms with Crippen LogP contribution < -0.4 is 0 Å². The third-order valence-corrected chi connectivity index (χ3v) is 4.03. The molecule has 19 heavy (non-hydrogen) atoms. The zero-order valence-electron chi connectivity index (χ0n) is 11.2. The van der Waals surface area contributed by atoms with Crippen molar-refractivity contribution in [3.8, 4) is 0 Å². The summed E-state index contributed by atoms with van der Waals surface area (Å²) in [6, 6.07) is 10.0. The van der Waals surface area contributed by atoms with Crippen molar-refractivity contribution in [2.24, 2.45) is 5.92 Å². The molecule has 0 spiro atoms. The van der Waals surface area contributed by atoms with Gasteiger partial charge in [-0.05, 0) is 18.4 Å². The fraction of sp³-hybridized carbons (Fsp3) is 0.438. The lowest BCUT2D eigenvalue weighted by atomic mass is 9.91. The standard InChI is InChI=1S/C16H19NO2/c1-12-14(17-9-5-6-10-17)11-15(18)19-16(12)13-7-3-2-4-8-13/h2-4,7-8,11-12,16H,5-6,9-10H2,1H3/t12-,16?/m1/s1. The summed E-state index contributed by atoms with van der Waals surface area (Å²) in [4.78, 5) is 14.2. The maximum absolute atomic E-state index is 11.8. The Morgan fingerprint density at radius 3 is 2.53 bits per heavy atom. The predicted molar refractivity (Wildman–Crippen MR) is 73.3 cm³/mol. The topological polar surface area (TPSA) is 29.5 Å². The molecular formula is C16H19NO2. The van der Waals surface area contributed by atoms with E-state index in [0.29, 0.717) is 0 Å². The van der Waals surface area contributed by atoms with Crippen LogP contribution in [-0.2, 0) is 9.53 Å². The average molecular weight is 257 g/mol. The number of likely N-dealkylation sites (tertiary alicyclic amines) is 1. The van der Waals surface area contributed by atoms with Crippen LogP contribution in [0.15, 0.2) is 42.1 Å². The van der Waals surface area contributed by atoms with Gasteiger partial charge in [-0.25, -0.2) is 4.79 Å². The molecule has 0 amide bonds. The molecule has 2 heterocycles. The van der Waals surface area contributed by atoms with Crippen LogP contribution in [0.3, 0.4) is 0 Å². The maximum atomic E-state index is 11.8. The number of hydrogen-bond donors (Lipinski definition) is 0. The molecule has 0 aliphatic carbocycles. The largest absolute Gasteiger partial charge is 0.454 e.